The Bertz CT molecular complexity index is 227. The second-order valence-corrected chi connectivity index (χ2v) is 5.51. The first-order chi connectivity index (χ1) is 8.17. The number of amides is 1. The van der Waals surface area contributed by atoms with Gasteiger partial charge >= 0.3 is 0 Å². The molecule has 4 heteroatoms. The minimum Gasteiger partial charge on any atom is -0.381 e. The van der Waals surface area contributed by atoms with E-state index in [-0.39, 0.29) is 17.2 Å². The van der Waals surface area contributed by atoms with Crippen LogP contribution in [0.1, 0.15) is 39.5 Å². The zero-order valence-electron chi connectivity index (χ0n) is 10.9. The number of hydrogen-bond donors (Lipinski definition) is 1. The van der Waals surface area contributed by atoms with Crippen molar-refractivity contribution in [2.24, 2.45) is 11.3 Å². The van der Waals surface area contributed by atoms with Gasteiger partial charge in [0, 0.05) is 31.0 Å². The number of ether oxygens (including phenoxy) is 1. The number of alkyl halides is 1. The first-order valence-corrected chi connectivity index (χ1v) is 7.71. The normalized spacial score (nSPS) is 18.1. The molecule has 1 fully saturated rings. The Labute approximate surface area is 113 Å². The standard InChI is InChI=1S/C13H24BrNO2/c1-3-13(4-2,9-14)10-15-12(16)11-5-7-17-8-6-11/h11H,3-10H2,1-2H3,(H,15,16). The van der Waals surface area contributed by atoms with Gasteiger partial charge in [-0.3, -0.25) is 4.79 Å². The van der Waals surface area contributed by atoms with Crippen molar-refractivity contribution in [3.63, 3.8) is 0 Å². The van der Waals surface area contributed by atoms with E-state index in [9.17, 15) is 4.79 Å². The van der Waals surface area contributed by atoms with Gasteiger partial charge in [-0.25, -0.2) is 0 Å². The van der Waals surface area contributed by atoms with Gasteiger partial charge in [-0.1, -0.05) is 29.8 Å². The van der Waals surface area contributed by atoms with Crippen LogP contribution in [-0.2, 0) is 9.53 Å². The summed E-state index contributed by atoms with van der Waals surface area (Å²) >= 11 is 3.57. The summed E-state index contributed by atoms with van der Waals surface area (Å²) in [6.45, 7) is 6.60. The van der Waals surface area contributed by atoms with Crippen LogP contribution in [0.15, 0.2) is 0 Å². The summed E-state index contributed by atoms with van der Waals surface area (Å²) in [7, 11) is 0. The third-order valence-electron chi connectivity index (χ3n) is 4.01. The first-order valence-electron chi connectivity index (χ1n) is 6.59. The maximum atomic E-state index is 12.0. The number of nitrogens with one attached hydrogen (secondary N) is 1. The van der Waals surface area contributed by atoms with Crippen LogP contribution in [0.2, 0.25) is 0 Å². The van der Waals surface area contributed by atoms with Crippen LogP contribution in [0.25, 0.3) is 0 Å². The fourth-order valence-corrected chi connectivity index (χ4v) is 3.11. The highest BCUT2D eigenvalue weighted by Crippen LogP contribution is 2.28. The van der Waals surface area contributed by atoms with Gasteiger partial charge < -0.3 is 10.1 Å². The molecule has 0 spiro atoms. The lowest BCUT2D eigenvalue weighted by atomic mass is 9.84. The van der Waals surface area contributed by atoms with E-state index in [1.165, 1.54) is 0 Å². The molecule has 1 N–H and O–H groups in total. The fourth-order valence-electron chi connectivity index (χ4n) is 2.11. The highest BCUT2D eigenvalue weighted by molar-refractivity contribution is 9.09. The Morgan fingerprint density at radius 2 is 1.94 bits per heavy atom. The van der Waals surface area contributed by atoms with E-state index in [1.807, 2.05) is 0 Å². The zero-order chi connectivity index (χ0) is 12.7. The first kappa shape index (κ1) is 15.0. The molecule has 0 unspecified atom stereocenters. The van der Waals surface area contributed by atoms with Crippen LogP contribution >= 0.6 is 15.9 Å². The van der Waals surface area contributed by atoms with Crippen molar-refractivity contribution in [1.82, 2.24) is 5.32 Å². The average Bonchev–Trinajstić information content (AvgIpc) is 2.41. The lowest BCUT2D eigenvalue weighted by Gasteiger charge is -2.31. The van der Waals surface area contributed by atoms with Gasteiger partial charge in [-0.15, -0.1) is 0 Å². The molecule has 1 aliphatic rings. The molecule has 3 nitrogen and oxygen atoms in total. The summed E-state index contributed by atoms with van der Waals surface area (Å²) in [5.74, 6) is 0.367. The van der Waals surface area contributed by atoms with Gasteiger partial charge in [0.05, 0.1) is 0 Å². The molecule has 0 bridgehead atoms. The van der Waals surface area contributed by atoms with Crippen LogP contribution < -0.4 is 5.32 Å². The molecule has 0 aliphatic carbocycles. The SMILES string of the molecule is CCC(CC)(CBr)CNC(=O)C1CCOCC1. The van der Waals surface area contributed by atoms with Crippen molar-refractivity contribution in [3.8, 4) is 0 Å². The number of carbonyl (C=O) groups excluding carboxylic acids is 1. The maximum absolute atomic E-state index is 12.0. The third kappa shape index (κ3) is 4.25. The summed E-state index contributed by atoms with van der Waals surface area (Å²) in [6.07, 6.45) is 3.91. The van der Waals surface area contributed by atoms with Crippen molar-refractivity contribution in [2.75, 3.05) is 25.1 Å². The van der Waals surface area contributed by atoms with Crippen molar-refractivity contribution < 1.29 is 9.53 Å². The lowest BCUT2D eigenvalue weighted by Crippen LogP contribution is -2.42. The summed E-state index contributed by atoms with van der Waals surface area (Å²) in [4.78, 5) is 12.0. The molecule has 1 saturated heterocycles. The van der Waals surface area contributed by atoms with Gasteiger partial charge in [-0.2, -0.15) is 0 Å². The van der Waals surface area contributed by atoms with Crippen LogP contribution in [-0.4, -0.2) is 31.0 Å². The Morgan fingerprint density at radius 3 is 2.41 bits per heavy atom. The number of carbonyl (C=O) groups is 1. The molecule has 0 aromatic rings. The molecule has 1 amide bonds. The topological polar surface area (TPSA) is 38.3 Å². The highest BCUT2D eigenvalue weighted by atomic mass is 79.9. The summed E-state index contributed by atoms with van der Waals surface area (Å²) in [5, 5.41) is 4.07. The highest BCUT2D eigenvalue weighted by Gasteiger charge is 2.27. The zero-order valence-corrected chi connectivity index (χ0v) is 12.5. The van der Waals surface area contributed by atoms with E-state index in [4.69, 9.17) is 4.74 Å². The summed E-state index contributed by atoms with van der Waals surface area (Å²) in [5.41, 5.74) is 0.209. The molecule has 17 heavy (non-hydrogen) atoms. The quantitative estimate of drug-likeness (QED) is 0.766. The van der Waals surface area contributed by atoms with Crippen molar-refractivity contribution in [3.05, 3.63) is 0 Å². The second kappa shape index (κ2) is 7.37. The predicted molar refractivity (Wildman–Crippen MR) is 73.4 cm³/mol. The molecule has 0 saturated carbocycles. The van der Waals surface area contributed by atoms with Crippen molar-refractivity contribution in [2.45, 2.75) is 39.5 Å². The Morgan fingerprint density at radius 1 is 1.35 bits per heavy atom. The van der Waals surface area contributed by atoms with Gasteiger partial charge in [0.25, 0.3) is 0 Å². The summed E-state index contributed by atoms with van der Waals surface area (Å²) < 4.78 is 5.27. The van der Waals surface area contributed by atoms with E-state index in [0.717, 1.165) is 50.8 Å². The van der Waals surface area contributed by atoms with E-state index >= 15 is 0 Å². The smallest absolute Gasteiger partial charge is 0.223 e. The molecule has 1 aliphatic heterocycles. The average molecular weight is 306 g/mol. The van der Waals surface area contributed by atoms with Gasteiger partial charge in [0.2, 0.25) is 5.91 Å². The predicted octanol–water partition coefficient (Wildman–Crippen LogP) is 2.73. The minimum absolute atomic E-state index is 0.158. The van der Waals surface area contributed by atoms with Crippen molar-refractivity contribution >= 4 is 21.8 Å². The van der Waals surface area contributed by atoms with Gasteiger partial charge in [-0.05, 0) is 31.1 Å². The molecule has 0 aromatic heterocycles. The van der Waals surface area contributed by atoms with E-state index in [0.29, 0.717) is 0 Å². The van der Waals surface area contributed by atoms with Crippen LogP contribution in [0.5, 0.6) is 0 Å². The van der Waals surface area contributed by atoms with E-state index in [1.54, 1.807) is 0 Å². The molecule has 1 heterocycles. The lowest BCUT2D eigenvalue weighted by molar-refractivity contribution is -0.128. The molecule has 100 valence electrons. The molecule has 0 atom stereocenters. The minimum atomic E-state index is 0.158. The van der Waals surface area contributed by atoms with Gasteiger partial charge in [0.15, 0.2) is 0 Å². The Balaban J connectivity index is 2.40. The molecule has 0 aromatic carbocycles. The fraction of sp³-hybridized carbons (Fsp3) is 0.923. The molecular weight excluding hydrogens is 282 g/mol. The van der Waals surface area contributed by atoms with Crippen LogP contribution in [0, 0.1) is 11.3 Å². The Hall–Kier alpha value is -0.0900. The maximum Gasteiger partial charge on any atom is 0.223 e. The largest absolute Gasteiger partial charge is 0.381 e. The molecule has 0 radical (unpaired) electrons. The number of halogens is 1. The van der Waals surface area contributed by atoms with Crippen LogP contribution in [0.3, 0.4) is 0 Å². The number of rotatable bonds is 6. The van der Waals surface area contributed by atoms with Crippen LogP contribution in [0.4, 0.5) is 0 Å². The van der Waals surface area contributed by atoms with Gasteiger partial charge in [0.1, 0.15) is 0 Å². The van der Waals surface area contributed by atoms with E-state index in [2.05, 4.69) is 35.1 Å². The monoisotopic (exact) mass is 305 g/mol. The molecule has 1 rings (SSSR count). The second-order valence-electron chi connectivity index (χ2n) is 4.95. The van der Waals surface area contributed by atoms with E-state index < -0.39 is 0 Å². The Kier molecular flexibility index (Phi) is 6.49. The third-order valence-corrected chi connectivity index (χ3v) is 5.20. The summed E-state index contributed by atoms with van der Waals surface area (Å²) in [6, 6.07) is 0. The molecular formula is C13H24BrNO2. The number of hydrogen-bond acceptors (Lipinski definition) is 2. The van der Waals surface area contributed by atoms with Crippen molar-refractivity contribution in [1.29, 1.82) is 0 Å².